The van der Waals surface area contributed by atoms with Crippen molar-refractivity contribution in [2.45, 2.75) is 29.4 Å². The maximum Gasteiger partial charge on any atom is 0.307 e. The molecule has 2 atom stereocenters. The normalized spacial score (nSPS) is 22.6. The summed E-state index contributed by atoms with van der Waals surface area (Å²) in [5, 5.41) is 18.6. The molecule has 1 saturated carbocycles. The summed E-state index contributed by atoms with van der Waals surface area (Å²) < 4.78 is 24.8. The van der Waals surface area contributed by atoms with Gasteiger partial charge in [0, 0.05) is 12.1 Å². The molecule has 0 aliphatic heterocycles. The van der Waals surface area contributed by atoms with Gasteiger partial charge >= 0.3 is 5.97 Å². The number of aliphatic carboxylic acids is 1. The van der Waals surface area contributed by atoms with E-state index in [-0.39, 0.29) is 10.6 Å². The van der Waals surface area contributed by atoms with E-state index in [2.05, 4.69) is 0 Å². The zero-order chi connectivity index (χ0) is 14.9. The number of carboxylic acids is 1. The second kappa shape index (κ2) is 5.20. The van der Waals surface area contributed by atoms with Crippen molar-refractivity contribution in [1.29, 1.82) is 0 Å². The van der Waals surface area contributed by atoms with Crippen LogP contribution in [-0.4, -0.2) is 29.7 Å². The topological polar surface area (TPSA) is 115 Å². The van der Waals surface area contributed by atoms with Crippen molar-refractivity contribution in [2.24, 2.45) is 5.92 Å². The van der Waals surface area contributed by atoms with Crippen molar-refractivity contribution in [3.05, 3.63) is 34.4 Å². The van der Waals surface area contributed by atoms with Crippen molar-refractivity contribution in [1.82, 2.24) is 0 Å². The Morgan fingerprint density at radius 1 is 1.25 bits per heavy atom. The molecule has 1 N–H and O–H groups in total. The van der Waals surface area contributed by atoms with Crippen LogP contribution in [0.15, 0.2) is 29.2 Å². The number of hydrogen-bond acceptors (Lipinski definition) is 5. The van der Waals surface area contributed by atoms with E-state index < -0.39 is 31.9 Å². The average molecular weight is 299 g/mol. The van der Waals surface area contributed by atoms with Crippen molar-refractivity contribution in [3.63, 3.8) is 0 Å². The first-order valence-electron chi connectivity index (χ1n) is 6.05. The number of hydrogen-bond donors (Lipinski definition) is 1. The SMILES string of the molecule is O=C(O)[C@@H]1CCC[C@@H]1S(=O)(=O)c1ccc([N+](=O)[O-])cc1. The molecule has 0 radical (unpaired) electrons. The summed E-state index contributed by atoms with van der Waals surface area (Å²) in [6, 6.07) is 4.53. The summed E-state index contributed by atoms with van der Waals surface area (Å²) in [7, 11) is -3.78. The van der Waals surface area contributed by atoms with Gasteiger partial charge in [-0.25, -0.2) is 8.42 Å². The third-order valence-electron chi connectivity index (χ3n) is 3.54. The van der Waals surface area contributed by atoms with E-state index in [0.29, 0.717) is 19.3 Å². The molecule has 1 aliphatic carbocycles. The third-order valence-corrected chi connectivity index (χ3v) is 5.83. The van der Waals surface area contributed by atoms with Gasteiger partial charge in [0.05, 0.1) is 21.0 Å². The highest BCUT2D eigenvalue weighted by Crippen LogP contribution is 2.35. The quantitative estimate of drug-likeness (QED) is 0.667. The van der Waals surface area contributed by atoms with E-state index in [9.17, 15) is 23.3 Å². The van der Waals surface area contributed by atoms with E-state index in [1.165, 1.54) is 0 Å². The van der Waals surface area contributed by atoms with Crippen LogP contribution in [0, 0.1) is 16.0 Å². The summed E-state index contributed by atoms with van der Waals surface area (Å²) in [6.07, 6.45) is 1.19. The fraction of sp³-hybridized carbons (Fsp3) is 0.417. The minimum Gasteiger partial charge on any atom is -0.481 e. The summed E-state index contributed by atoms with van der Waals surface area (Å²) >= 11 is 0. The van der Waals surface area contributed by atoms with Gasteiger partial charge in [-0.3, -0.25) is 14.9 Å². The number of non-ortho nitro benzene ring substituents is 1. The number of carboxylic acid groups (broad SMARTS) is 1. The first-order chi connectivity index (χ1) is 9.34. The first kappa shape index (κ1) is 14.4. The van der Waals surface area contributed by atoms with Crippen molar-refractivity contribution >= 4 is 21.5 Å². The molecular formula is C12H13NO6S. The molecule has 8 heteroatoms. The number of sulfone groups is 1. The van der Waals surface area contributed by atoms with Gasteiger partial charge in [-0.15, -0.1) is 0 Å². The van der Waals surface area contributed by atoms with Crippen LogP contribution in [0.25, 0.3) is 0 Å². The second-order valence-electron chi connectivity index (χ2n) is 4.71. The highest BCUT2D eigenvalue weighted by molar-refractivity contribution is 7.92. The lowest BCUT2D eigenvalue weighted by Gasteiger charge is -2.16. The summed E-state index contributed by atoms with van der Waals surface area (Å²) in [6.45, 7) is 0. The number of rotatable bonds is 4. The Hall–Kier alpha value is -1.96. The number of nitrogens with zero attached hydrogens (tertiary/aromatic N) is 1. The first-order valence-corrected chi connectivity index (χ1v) is 7.60. The second-order valence-corrected chi connectivity index (χ2v) is 6.88. The summed E-state index contributed by atoms with van der Waals surface area (Å²) in [5.74, 6) is -2.02. The van der Waals surface area contributed by atoms with Gasteiger partial charge in [-0.2, -0.15) is 0 Å². The lowest BCUT2D eigenvalue weighted by Crippen LogP contribution is -2.30. The van der Waals surface area contributed by atoms with Crippen molar-refractivity contribution in [2.75, 3.05) is 0 Å². The fourth-order valence-electron chi connectivity index (χ4n) is 2.51. The molecule has 0 aromatic heterocycles. The third kappa shape index (κ3) is 2.51. The number of nitro groups is 1. The van der Waals surface area contributed by atoms with E-state index in [1.54, 1.807) is 0 Å². The van der Waals surface area contributed by atoms with Gasteiger partial charge in [0.15, 0.2) is 9.84 Å². The zero-order valence-electron chi connectivity index (χ0n) is 10.4. The average Bonchev–Trinajstić information content (AvgIpc) is 2.89. The van der Waals surface area contributed by atoms with E-state index in [4.69, 9.17) is 5.11 Å². The lowest BCUT2D eigenvalue weighted by atomic mass is 10.1. The minimum atomic E-state index is -3.78. The van der Waals surface area contributed by atoms with Crippen molar-refractivity contribution in [3.8, 4) is 0 Å². The molecule has 108 valence electrons. The Bertz CT molecular complexity index is 636. The molecule has 20 heavy (non-hydrogen) atoms. The fourth-order valence-corrected chi connectivity index (χ4v) is 4.54. The maximum atomic E-state index is 12.4. The Kier molecular flexibility index (Phi) is 3.76. The Morgan fingerprint density at radius 3 is 2.35 bits per heavy atom. The Balaban J connectivity index is 2.35. The predicted octanol–water partition coefficient (Wildman–Crippen LogP) is 1.62. The van der Waals surface area contributed by atoms with Crippen LogP contribution in [0.3, 0.4) is 0 Å². The smallest absolute Gasteiger partial charge is 0.307 e. The molecule has 0 bridgehead atoms. The lowest BCUT2D eigenvalue weighted by molar-refractivity contribution is -0.384. The van der Waals surface area contributed by atoms with Gasteiger partial charge in [0.1, 0.15) is 0 Å². The highest BCUT2D eigenvalue weighted by Gasteiger charge is 2.42. The molecule has 0 amide bonds. The van der Waals surface area contributed by atoms with Crippen LogP contribution >= 0.6 is 0 Å². The number of carbonyl (C=O) groups is 1. The zero-order valence-corrected chi connectivity index (χ0v) is 11.2. The largest absolute Gasteiger partial charge is 0.481 e. The molecule has 7 nitrogen and oxygen atoms in total. The molecule has 0 spiro atoms. The summed E-state index contributed by atoms with van der Waals surface area (Å²) in [5.41, 5.74) is -0.204. The monoisotopic (exact) mass is 299 g/mol. The van der Waals surface area contributed by atoms with Gasteiger partial charge in [0.25, 0.3) is 5.69 Å². The Labute approximate surface area is 115 Å². The maximum absolute atomic E-state index is 12.4. The molecule has 1 fully saturated rings. The van der Waals surface area contributed by atoms with Crippen LogP contribution < -0.4 is 0 Å². The van der Waals surface area contributed by atoms with E-state index in [0.717, 1.165) is 24.3 Å². The van der Waals surface area contributed by atoms with Gasteiger partial charge < -0.3 is 5.11 Å². The van der Waals surface area contributed by atoms with Gasteiger partial charge in [0.2, 0.25) is 0 Å². The van der Waals surface area contributed by atoms with Crippen LogP contribution in [-0.2, 0) is 14.6 Å². The highest BCUT2D eigenvalue weighted by atomic mass is 32.2. The molecule has 0 heterocycles. The number of nitro benzene ring substituents is 1. The molecule has 1 aliphatic rings. The van der Waals surface area contributed by atoms with Crippen molar-refractivity contribution < 1.29 is 23.2 Å². The standard InChI is InChI=1S/C12H13NO6S/c14-12(15)10-2-1-3-11(10)20(18,19)9-6-4-8(5-7-9)13(16)17/h4-7,10-11H,1-3H2,(H,14,15)/t10-,11+/m1/s1. The summed E-state index contributed by atoms with van der Waals surface area (Å²) in [4.78, 5) is 20.9. The molecule has 1 aromatic rings. The molecule has 2 rings (SSSR count). The Morgan fingerprint density at radius 2 is 1.85 bits per heavy atom. The van der Waals surface area contributed by atoms with Gasteiger partial charge in [-0.05, 0) is 25.0 Å². The molecule has 0 unspecified atom stereocenters. The predicted molar refractivity (Wildman–Crippen MR) is 69.0 cm³/mol. The minimum absolute atomic E-state index is 0.0683. The van der Waals surface area contributed by atoms with Crippen LogP contribution in [0.2, 0.25) is 0 Å². The van der Waals surface area contributed by atoms with Crippen LogP contribution in [0.5, 0.6) is 0 Å². The molecule has 0 saturated heterocycles. The van der Waals surface area contributed by atoms with Crippen LogP contribution in [0.1, 0.15) is 19.3 Å². The molecular weight excluding hydrogens is 286 g/mol. The van der Waals surface area contributed by atoms with E-state index >= 15 is 0 Å². The van der Waals surface area contributed by atoms with Gasteiger partial charge in [-0.1, -0.05) is 6.42 Å². The molecule has 1 aromatic carbocycles. The van der Waals surface area contributed by atoms with Crippen LogP contribution in [0.4, 0.5) is 5.69 Å². The number of benzene rings is 1. The van der Waals surface area contributed by atoms with E-state index in [1.807, 2.05) is 0 Å².